The van der Waals surface area contributed by atoms with Crippen LogP contribution in [0.3, 0.4) is 0 Å². The van der Waals surface area contributed by atoms with E-state index < -0.39 is 0 Å². The summed E-state index contributed by atoms with van der Waals surface area (Å²) in [7, 11) is 0. The monoisotopic (exact) mass is 385 g/mol. The first-order valence-corrected chi connectivity index (χ1v) is 9.70. The van der Waals surface area contributed by atoms with Crippen LogP contribution in [0, 0.1) is 0 Å². The SMILES string of the molecule is CCCNC(=O)CN1CCN(C(=O)c2occc2COc2ccccc2)CC1. The number of hydrogen-bond donors (Lipinski definition) is 1. The molecule has 0 saturated carbocycles. The molecular weight excluding hydrogens is 358 g/mol. The first-order chi connectivity index (χ1) is 13.7. The average Bonchev–Trinajstić information content (AvgIpc) is 3.20. The van der Waals surface area contributed by atoms with Crippen molar-refractivity contribution in [2.75, 3.05) is 39.3 Å². The van der Waals surface area contributed by atoms with Crippen molar-refractivity contribution >= 4 is 11.8 Å². The van der Waals surface area contributed by atoms with Gasteiger partial charge in [-0.3, -0.25) is 14.5 Å². The van der Waals surface area contributed by atoms with Crippen LogP contribution in [-0.4, -0.2) is 60.9 Å². The largest absolute Gasteiger partial charge is 0.489 e. The summed E-state index contributed by atoms with van der Waals surface area (Å²) < 4.78 is 11.2. The highest BCUT2D eigenvalue weighted by Crippen LogP contribution is 2.18. The van der Waals surface area contributed by atoms with Gasteiger partial charge < -0.3 is 19.4 Å². The van der Waals surface area contributed by atoms with Crippen LogP contribution in [0.1, 0.15) is 29.5 Å². The second kappa shape index (κ2) is 9.94. The van der Waals surface area contributed by atoms with Gasteiger partial charge in [0.15, 0.2) is 5.76 Å². The van der Waals surface area contributed by atoms with Crippen molar-refractivity contribution in [3.05, 3.63) is 54.0 Å². The standard InChI is InChI=1S/C21H27N3O4/c1-2-9-22-19(25)15-23-10-12-24(13-11-23)21(26)20-17(8-14-27-20)16-28-18-6-4-3-5-7-18/h3-8,14H,2,9-13,15-16H2,1H3,(H,22,25). The second-order valence-electron chi connectivity index (χ2n) is 6.79. The van der Waals surface area contributed by atoms with E-state index in [1.807, 2.05) is 37.3 Å². The molecule has 1 N–H and O–H groups in total. The number of benzene rings is 1. The number of nitrogens with one attached hydrogen (secondary N) is 1. The van der Waals surface area contributed by atoms with E-state index in [-0.39, 0.29) is 18.4 Å². The molecule has 7 nitrogen and oxygen atoms in total. The Morgan fingerprint density at radius 3 is 2.57 bits per heavy atom. The van der Waals surface area contributed by atoms with Crippen molar-refractivity contribution in [1.29, 1.82) is 0 Å². The molecule has 1 fully saturated rings. The first kappa shape index (κ1) is 19.9. The zero-order valence-electron chi connectivity index (χ0n) is 16.2. The number of hydrogen-bond acceptors (Lipinski definition) is 5. The molecule has 0 radical (unpaired) electrons. The molecule has 150 valence electrons. The van der Waals surface area contributed by atoms with Gasteiger partial charge >= 0.3 is 0 Å². The van der Waals surface area contributed by atoms with E-state index in [9.17, 15) is 9.59 Å². The zero-order chi connectivity index (χ0) is 19.8. The molecule has 1 aliphatic rings. The molecule has 1 saturated heterocycles. The summed E-state index contributed by atoms with van der Waals surface area (Å²) in [5.41, 5.74) is 0.732. The Balaban J connectivity index is 1.50. The number of nitrogens with zero attached hydrogens (tertiary/aromatic N) is 2. The van der Waals surface area contributed by atoms with Gasteiger partial charge in [0.1, 0.15) is 12.4 Å². The third-order valence-electron chi connectivity index (χ3n) is 4.68. The van der Waals surface area contributed by atoms with Gasteiger partial charge in [0, 0.05) is 38.3 Å². The molecule has 0 aliphatic carbocycles. The number of carbonyl (C=O) groups excluding carboxylic acids is 2. The fourth-order valence-corrected chi connectivity index (χ4v) is 3.09. The van der Waals surface area contributed by atoms with Gasteiger partial charge in [-0.25, -0.2) is 0 Å². The highest BCUT2D eigenvalue weighted by Gasteiger charge is 2.26. The summed E-state index contributed by atoms with van der Waals surface area (Å²) >= 11 is 0. The highest BCUT2D eigenvalue weighted by atomic mass is 16.5. The molecule has 3 rings (SSSR count). The van der Waals surface area contributed by atoms with Crippen molar-refractivity contribution in [2.24, 2.45) is 0 Å². The van der Waals surface area contributed by atoms with Crippen molar-refractivity contribution < 1.29 is 18.7 Å². The number of carbonyl (C=O) groups is 2. The molecule has 1 aromatic carbocycles. The Hall–Kier alpha value is -2.80. The predicted octanol–water partition coefficient (Wildman–Crippen LogP) is 2.14. The Morgan fingerprint density at radius 2 is 1.86 bits per heavy atom. The first-order valence-electron chi connectivity index (χ1n) is 9.70. The molecule has 1 aromatic heterocycles. The number of piperazine rings is 1. The fourth-order valence-electron chi connectivity index (χ4n) is 3.09. The second-order valence-corrected chi connectivity index (χ2v) is 6.79. The van der Waals surface area contributed by atoms with Crippen LogP contribution in [0.25, 0.3) is 0 Å². The molecule has 0 bridgehead atoms. The number of amides is 2. The van der Waals surface area contributed by atoms with Gasteiger partial charge in [0.05, 0.1) is 12.8 Å². The van der Waals surface area contributed by atoms with E-state index >= 15 is 0 Å². The maximum atomic E-state index is 12.8. The molecule has 0 atom stereocenters. The average molecular weight is 385 g/mol. The Kier molecular flexibility index (Phi) is 7.08. The van der Waals surface area contributed by atoms with Crippen LogP contribution in [0.4, 0.5) is 0 Å². The summed E-state index contributed by atoms with van der Waals surface area (Å²) in [5.74, 6) is 0.974. The summed E-state index contributed by atoms with van der Waals surface area (Å²) in [4.78, 5) is 28.5. The summed E-state index contributed by atoms with van der Waals surface area (Å²) in [5, 5.41) is 2.88. The molecule has 2 heterocycles. The van der Waals surface area contributed by atoms with E-state index in [1.165, 1.54) is 6.26 Å². The van der Waals surface area contributed by atoms with Crippen molar-refractivity contribution in [2.45, 2.75) is 20.0 Å². The lowest BCUT2D eigenvalue weighted by Crippen LogP contribution is -2.51. The lowest BCUT2D eigenvalue weighted by Gasteiger charge is -2.34. The van der Waals surface area contributed by atoms with Gasteiger partial charge in [-0.15, -0.1) is 0 Å². The van der Waals surface area contributed by atoms with Crippen LogP contribution in [0.15, 0.2) is 47.1 Å². The van der Waals surface area contributed by atoms with Crippen molar-refractivity contribution in [3.63, 3.8) is 0 Å². The molecule has 28 heavy (non-hydrogen) atoms. The smallest absolute Gasteiger partial charge is 0.290 e. The van der Waals surface area contributed by atoms with Gasteiger partial charge in [0.25, 0.3) is 5.91 Å². The van der Waals surface area contributed by atoms with Gasteiger partial charge in [-0.05, 0) is 24.6 Å². The number of ether oxygens (including phenoxy) is 1. The topological polar surface area (TPSA) is 75.0 Å². The molecular formula is C21H27N3O4. The lowest BCUT2D eigenvalue weighted by molar-refractivity contribution is -0.122. The van der Waals surface area contributed by atoms with Gasteiger partial charge in [-0.2, -0.15) is 0 Å². The zero-order valence-corrected chi connectivity index (χ0v) is 16.2. The van der Waals surface area contributed by atoms with Crippen molar-refractivity contribution in [3.8, 4) is 5.75 Å². The quantitative estimate of drug-likeness (QED) is 0.754. The summed E-state index contributed by atoms with van der Waals surface area (Å²) in [6.07, 6.45) is 2.44. The minimum Gasteiger partial charge on any atom is -0.489 e. The third-order valence-corrected chi connectivity index (χ3v) is 4.68. The summed E-state index contributed by atoms with van der Waals surface area (Å²) in [6, 6.07) is 11.2. The van der Waals surface area contributed by atoms with Crippen molar-refractivity contribution in [1.82, 2.24) is 15.1 Å². The predicted molar refractivity (Wildman–Crippen MR) is 105 cm³/mol. The van der Waals surface area contributed by atoms with Gasteiger partial charge in [-0.1, -0.05) is 25.1 Å². The normalized spacial score (nSPS) is 14.7. The van der Waals surface area contributed by atoms with Crippen LogP contribution >= 0.6 is 0 Å². The van der Waals surface area contributed by atoms with E-state index in [1.54, 1.807) is 11.0 Å². The molecule has 2 amide bonds. The Morgan fingerprint density at radius 1 is 1.11 bits per heavy atom. The van der Waals surface area contributed by atoms with E-state index in [0.717, 1.165) is 17.7 Å². The molecule has 0 unspecified atom stereocenters. The maximum absolute atomic E-state index is 12.8. The minimum atomic E-state index is -0.133. The Labute approximate surface area is 165 Å². The lowest BCUT2D eigenvalue weighted by atomic mass is 10.2. The maximum Gasteiger partial charge on any atom is 0.290 e. The molecule has 7 heteroatoms. The Bertz CT molecular complexity index is 767. The minimum absolute atomic E-state index is 0.0352. The highest BCUT2D eigenvalue weighted by molar-refractivity contribution is 5.93. The van der Waals surface area contributed by atoms with E-state index in [2.05, 4.69) is 10.2 Å². The number of rotatable bonds is 8. The van der Waals surface area contributed by atoms with Crippen LogP contribution in [0.2, 0.25) is 0 Å². The number of para-hydroxylation sites is 1. The molecule has 2 aromatic rings. The molecule has 0 spiro atoms. The van der Waals surface area contributed by atoms with Crippen LogP contribution < -0.4 is 10.1 Å². The fraction of sp³-hybridized carbons (Fsp3) is 0.429. The molecule has 1 aliphatic heterocycles. The van der Waals surface area contributed by atoms with E-state index in [4.69, 9.17) is 9.15 Å². The van der Waals surface area contributed by atoms with Gasteiger partial charge in [0.2, 0.25) is 5.91 Å². The number of furan rings is 1. The van der Waals surface area contributed by atoms with Crippen LogP contribution in [0.5, 0.6) is 5.75 Å². The summed E-state index contributed by atoms with van der Waals surface area (Å²) in [6.45, 7) is 5.85. The van der Waals surface area contributed by atoms with Crippen LogP contribution in [-0.2, 0) is 11.4 Å². The third kappa shape index (κ3) is 5.36. The van der Waals surface area contributed by atoms with E-state index in [0.29, 0.717) is 45.0 Å².